The van der Waals surface area contributed by atoms with Crippen molar-refractivity contribution in [3.63, 3.8) is 0 Å². The Hall–Kier alpha value is -2.16. The predicted octanol–water partition coefficient (Wildman–Crippen LogP) is 6.76. The van der Waals surface area contributed by atoms with Crippen LogP contribution in [-0.4, -0.2) is 28.5 Å². The van der Waals surface area contributed by atoms with Crippen molar-refractivity contribution >= 4 is 29.2 Å². The summed E-state index contributed by atoms with van der Waals surface area (Å²) >= 11 is 8.06. The van der Waals surface area contributed by atoms with E-state index in [4.69, 9.17) is 16.0 Å². The molecule has 0 unspecified atom stereocenters. The zero-order valence-electron chi connectivity index (χ0n) is 18.1. The van der Waals surface area contributed by atoms with Gasteiger partial charge in [0.25, 0.3) is 5.89 Å². The first kappa shape index (κ1) is 24.5. The topological polar surface area (TPSA) is 54.2 Å². The Morgan fingerprint density at radius 1 is 1.12 bits per heavy atom. The molecule has 0 amide bonds. The molecule has 0 bridgehead atoms. The number of nitrogens with zero attached hydrogens (tertiary/aromatic N) is 3. The summed E-state index contributed by atoms with van der Waals surface area (Å²) in [5.74, 6) is -0.577. The lowest BCUT2D eigenvalue weighted by Gasteiger charge is -2.30. The SMILES string of the molecule is CC.FC(F)c1nnc(-c2ccc(CN(SC3CCNCC3)c3cccc(Cl)c3)cc2)o1. The fourth-order valence-corrected chi connectivity index (χ4v) is 4.71. The third kappa shape index (κ3) is 6.67. The van der Waals surface area contributed by atoms with Gasteiger partial charge in [0, 0.05) is 21.5 Å². The molecule has 1 saturated heterocycles. The summed E-state index contributed by atoms with van der Waals surface area (Å²) in [5, 5.41) is 11.7. The number of rotatable bonds is 7. The molecule has 0 atom stereocenters. The minimum Gasteiger partial charge on any atom is -0.415 e. The van der Waals surface area contributed by atoms with Gasteiger partial charge in [0.15, 0.2) is 0 Å². The quantitative estimate of drug-likeness (QED) is 0.377. The molecule has 1 aliphatic rings. The third-order valence-corrected chi connectivity index (χ3v) is 6.41. The molecule has 3 aromatic rings. The second kappa shape index (κ2) is 12.2. The molecule has 0 radical (unpaired) electrons. The Labute approximate surface area is 196 Å². The van der Waals surface area contributed by atoms with E-state index in [9.17, 15) is 8.78 Å². The van der Waals surface area contributed by atoms with Gasteiger partial charge in [0.2, 0.25) is 5.89 Å². The van der Waals surface area contributed by atoms with Gasteiger partial charge < -0.3 is 14.0 Å². The van der Waals surface area contributed by atoms with E-state index >= 15 is 0 Å². The van der Waals surface area contributed by atoms with Crippen molar-refractivity contribution in [2.24, 2.45) is 0 Å². The van der Waals surface area contributed by atoms with E-state index < -0.39 is 12.3 Å². The number of aromatic nitrogens is 2. The van der Waals surface area contributed by atoms with Crippen LogP contribution in [0, 0.1) is 0 Å². The molecule has 1 aromatic heterocycles. The van der Waals surface area contributed by atoms with E-state index in [1.54, 1.807) is 0 Å². The highest BCUT2D eigenvalue weighted by atomic mass is 35.5. The van der Waals surface area contributed by atoms with Crippen LogP contribution in [-0.2, 0) is 6.54 Å². The molecule has 9 heteroatoms. The number of halogens is 3. The Balaban J connectivity index is 0.00000141. The summed E-state index contributed by atoms with van der Waals surface area (Å²) in [4.78, 5) is 0. The smallest absolute Gasteiger partial charge is 0.314 e. The first-order valence-corrected chi connectivity index (χ1v) is 11.9. The summed E-state index contributed by atoms with van der Waals surface area (Å²) in [5.41, 5.74) is 2.74. The van der Waals surface area contributed by atoms with Crippen LogP contribution in [0.25, 0.3) is 11.5 Å². The fraction of sp³-hybridized carbons (Fsp3) is 0.391. The summed E-state index contributed by atoms with van der Waals surface area (Å²) in [6.45, 7) is 6.74. The molecule has 1 aliphatic heterocycles. The zero-order valence-corrected chi connectivity index (χ0v) is 19.7. The van der Waals surface area contributed by atoms with Crippen LogP contribution in [0.4, 0.5) is 14.5 Å². The van der Waals surface area contributed by atoms with Crippen molar-refractivity contribution < 1.29 is 13.2 Å². The zero-order chi connectivity index (χ0) is 22.9. The van der Waals surface area contributed by atoms with Crippen molar-refractivity contribution in [3.8, 4) is 11.5 Å². The second-order valence-electron chi connectivity index (χ2n) is 7.01. The standard InChI is InChI=1S/C21H21ClF2N4OS.C2H6/c22-16-2-1-3-17(12-16)28(30-18-8-10-25-11-9-18)13-14-4-6-15(7-5-14)20-26-27-21(29-20)19(23)24;1-2/h1-7,12,18-19,25H,8-11,13H2;1-2H3. The lowest BCUT2D eigenvalue weighted by molar-refractivity contribution is 0.116. The van der Waals surface area contributed by atoms with Crippen LogP contribution >= 0.6 is 23.5 Å². The van der Waals surface area contributed by atoms with E-state index in [1.807, 2.05) is 68.3 Å². The molecular weight excluding hydrogens is 454 g/mol. The average molecular weight is 481 g/mol. The summed E-state index contributed by atoms with van der Waals surface area (Å²) < 4.78 is 32.6. The maximum absolute atomic E-state index is 12.7. The van der Waals surface area contributed by atoms with E-state index in [0.29, 0.717) is 22.4 Å². The number of hydrogen-bond donors (Lipinski definition) is 1. The highest BCUT2D eigenvalue weighted by Gasteiger charge is 2.20. The van der Waals surface area contributed by atoms with Gasteiger partial charge in [-0.05, 0) is 73.8 Å². The number of benzene rings is 2. The van der Waals surface area contributed by atoms with Gasteiger partial charge in [0.05, 0.1) is 6.54 Å². The number of hydrogen-bond acceptors (Lipinski definition) is 6. The second-order valence-corrected chi connectivity index (χ2v) is 8.77. The van der Waals surface area contributed by atoms with Crippen molar-refractivity contribution in [1.29, 1.82) is 0 Å². The number of nitrogens with one attached hydrogen (secondary N) is 1. The molecule has 0 aliphatic carbocycles. The molecule has 5 nitrogen and oxygen atoms in total. The van der Waals surface area contributed by atoms with E-state index in [0.717, 1.165) is 37.2 Å². The summed E-state index contributed by atoms with van der Waals surface area (Å²) in [6, 6.07) is 15.3. The lowest BCUT2D eigenvalue weighted by atomic mass is 10.1. The minimum absolute atomic E-state index is 0.0904. The van der Waals surface area contributed by atoms with Crippen LogP contribution in [0.15, 0.2) is 52.9 Å². The highest BCUT2D eigenvalue weighted by molar-refractivity contribution is 8.01. The van der Waals surface area contributed by atoms with Gasteiger partial charge in [-0.3, -0.25) is 0 Å². The van der Waals surface area contributed by atoms with Gasteiger partial charge in [-0.15, -0.1) is 10.2 Å². The van der Waals surface area contributed by atoms with Crippen LogP contribution in [0.3, 0.4) is 0 Å². The summed E-state index contributed by atoms with van der Waals surface area (Å²) in [7, 11) is 0. The number of alkyl halides is 2. The average Bonchev–Trinajstić information content (AvgIpc) is 3.32. The summed E-state index contributed by atoms with van der Waals surface area (Å²) in [6.07, 6.45) is -0.544. The first-order valence-electron chi connectivity index (χ1n) is 10.7. The molecule has 2 heterocycles. The van der Waals surface area contributed by atoms with Gasteiger partial charge in [-0.25, -0.2) is 0 Å². The number of anilines is 1. The van der Waals surface area contributed by atoms with Gasteiger partial charge in [-0.1, -0.05) is 43.6 Å². The Bertz CT molecular complexity index is 965. The highest BCUT2D eigenvalue weighted by Crippen LogP contribution is 2.33. The van der Waals surface area contributed by atoms with Crippen molar-refractivity contribution in [3.05, 3.63) is 65.0 Å². The molecule has 1 fully saturated rings. The molecular formula is C23H27ClF2N4OS. The molecule has 2 aromatic carbocycles. The monoisotopic (exact) mass is 480 g/mol. The fourth-order valence-electron chi connectivity index (χ4n) is 3.26. The van der Waals surface area contributed by atoms with Gasteiger partial charge >= 0.3 is 6.43 Å². The van der Waals surface area contributed by atoms with E-state index in [-0.39, 0.29) is 5.89 Å². The Morgan fingerprint density at radius 3 is 2.47 bits per heavy atom. The van der Waals surface area contributed by atoms with Gasteiger partial charge in [0.1, 0.15) is 0 Å². The van der Waals surface area contributed by atoms with Crippen LogP contribution in [0.1, 0.15) is 44.6 Å². The molecule has 4 rings (SSSR count). The van der Waals surface area contributed by atoms with Crippen molar-refractivity contribution in [2.45, 2.75) is 44.9 Å². The largest absolute Gasteiger partial charge is 0.415 e. The maximum Gasteiger partial charge on any atom is 0.314 e. The van der Waals surface area contributed by atoms with Crippen molar-refractivity contribution in [1.82, 2.24) is 15.5 Å². The van der Waals surface area contributed by atoms with Gasteiger partial charge in [-0.2, -0.15) is 8.78 Å². The van der Waals surface area contributed by atoms with E-state index in [1.165, 1.54) is 0 Å². The van der Waals surface area contributed by atoms with Crippen LogP contribution in [0.2, 0.25) is 5.02 Å². The maximum atomic E-state index is 12.7. The van der Waals surface area contributed by atoms with Crippen LogP contribution < -0.4 is 9.62 Å². The molecule has 32 heavy (non-hydrogen) atoms. The molecule has 0 saturated carbocycles. The Morgan fingerprint density at radius 2 is 1.84 bits per heavy atom. The third-order valence-electron chi connectivity index (χ3n) is 4.81. The minimum atomic E-state index is -2.77. The molecule has 0 spiro atoms. The lowest BCUT2D eigenvalue weighted by Crippen LogP contribution is -2.31. The normalized spacial score (nSPS) is 14.2. The number of piperidine rings is 1. The predicted molar refractivity (Wildman–Crippen MR) is 127 cm³/mol. The molecule has 1 N–H and O–H groups in total. The Kier molecular flexibility index (Phi) is 9.32. The first-order chi connectivity index (χ1) is 15.6. The van der Waals surface area contributed by atoms with E-state index in [2.05, 4.69) is 25.9 Å². The molecule has 172 valence electrons. The van der Waals surface area contributed by atoms with Crippen LogP contribution in [0.5, 0.6) is 0 Å². The van der Waals surface area contributed by atoms with Crippen molar-refractivity contribution in [2.75, 3.05) is 17.4 Å².